The number of aryl methyl sites for hydroxylation is 1. The second kappa shape index (κ2) is 5.28. The molecule has 0 spiro atoms. The number of fused-ring (bicyclic) bond motifs is 1. The minimum Gasteiger partial charge on any atom is -0.383 e. The number of likely N-dealkylation sites (tertiary alicyclic amines) is 1. The van der Waals surface area contributed by atoms with Crippen molar-refractivity contribution < 1.29 is 4.79 Å². The van der Waals surface area contributed by atoms with Gasteiger partial charge in [0.1, 0.15) is 11.6 Å². The molecule has 112 valence electrons. The number of rotatable bonds is 3. The summed E-state index contributed by atoms with van der Waals surface area (Å²) in [4.78, 5) is 22.3. The van der Waals surface area contributed by atoms with Crippen molar-refractivity contribution >= 4 is 22.8 Å². The monoisotopic (exact) mass is 289 g/mol. The molecule has 0 radical (unpaired) electrons. The number of piperidine rings is 1. The Morgan fingerprint density at radius 2 is 2.10 bits per heavy atom. The maximum Gasteiger partial charge on any atom is 0.220 e. The Balaban J connectivity index is 1.74. The lowest BCUT2D eigenvalue weighted by Crippen LogP contribution is -2.38. The van der Waals surface area contributed by atoms with Gasteiger partial charge in [0.25, 0.3) is 0 Å². The number of carbonyl (C=O) groups is 1. The van der Waals surface area contributed by atoms with Crippen molar-refractivity contribution in [3.63, 3.8) is 0 Å². The van der Waals surface area contributed by atoms with E-state index in [-0.39, 0.29) is 11.8 Å². The van der Waals surface area contributed by atoms with Gasteiger partial charge in [0, 0.05) is 13.0 Å². The van der Waals surface area contributed by atoms with E-state index in [1.165, 1.54) is 0 Å². The molecule has 8 nitrogen and oxygen atoms in total. The van der Waals surface area contributed by atoms with Crippen molar-refractivity contribution in [2.45, 2.75) is 19.4 Å². The summed E-state index contributed by atoms with van der Waals surface area (Å²) < 4.78 is 1.69. The molecule has 4 N–H and O–H groups in total. The van der Waals surface area contributed by atoms with Gasteiger partial charge in [-0.1, -0.05) is 0 Å². The number of anilines is 1. The molecule has 2 aromatic heterocycles. The topological polar surface area (TPSA) is 116 Å². The highest BCUT2D eigenvalue weighted by molar-refractivity contribution is 5.84. The number of nitrogens with two attached hydrogens (primary N) is 2. The van der Waals surface area contributed by atoms with Gasteiger partial charge in [-0.15, -0.1) is 0 Å². The molecule has 0 bridgehead atoms. The number of primary amides is 1. The van der Waals surface area contributed by atoms with Crippen molar-refractivity contribution in [1.82, 2.24) is 24.6 Å². The van der Waals surface area contributed by atoms with Crippen molar-refractivity contribution in [2.75, 3.05) is 18.8 Å². The lowest BCUT2D eigenvalue weighted by molar-refractivity contribution is -0.123. The summed E-state index contributed by atoms with van der Waals surface area (Å²) in [6.45, 7) is 2.26. The number of nitrogens with zero attached hydrogens (tertiary/aromatic N) is 5. The van der Waals surface area contributed by atoms with Crippen LogP contribution in [0, 0.1) is 5.92 Å². The summed E-state index contributed by atoms with van der Waals surface area (Å²) in [5.41, 5.74) is 12.0. The first kappa shape index (κ1) is 13.7. The van der Waals surface area contributed by atoms with Gasteiger partial charge in [0.05, 0.1) is 18.1 Å². The summed E-state index contributed by atoms with van der Waals surface area (Å²) in [5, 5.41) is 4.91. The normalized spacial score (nSPS) is 17.4. The van der Waals surface area contributed by atoms with Crippen LogP contribution in [-0.4, -0.2) is 43.6 Å². The molecule has 1 aliphatic heterocycles. The van der Waals surface area contributed by atoms with E-state index >= 15 is 0 Å². The lowest BCUT2D eigenvalue weighted by Gasteiger charge is -2.29. The Labute approximate surface area is 122 Å². The Kier molecular flexibility index (Phi) is 3.46. The van der Waals surface area contributed by atoms with Crippen molar-refractivity contribution in [2.24, 2.45) is 18.7 Å². The fourth-order valence-electron chi connectivity index (χ4n) is 2.74. The standard InChI is InChI=1S/C13H19N7O/c1-19-13-9(6-16-19)11(14)17-10(18-13)7-20-4-2-8(3-5-20)12(15)21/h6,8H,2-5,7H2,1H3,(H2,15,21)(H2,14,17,18). The van der Waals surface area contributed by atoms with Crippen LogP contribution in [0.4, 0.5) is 5.82 Å². The summed E-state index contributed by atoms with van der Waals surface area (Å²) in [6.07, 6.45) is 3.25. The number of aromatic nitrogens is 4. The van der Waals surface area contributed by atoms with Crippen LogP contribution in [-0.2, 0) is 18.4 Å². The zero-order valence-electron chi connectivity index (χ0n) is 12.0. The van der Waals surface area contributed by atoms with Gasteiger partial charge in [-0.25, -0.2) is 9.97 Å². The predicted molar refractivity (Wildman–Crippen MR) is 77.9 cm³/mol. The van der Waals surface area contributed by atoms with E-state index < -0.39 is 0 Å². The minimum absolute atomic E-state index is 0.00760. The molecule has 3 rings (SSSR count). The van der Waals surface area contributed by atoms with Gasteiger partial charge in [-0.3, -0.25) is 14.4 Å². The molecule has 1 amide bonds. The highest BCUT2D eigenvalue weighted by atomic mass is 16.1. The zero-order valence-corrected chi connectivity index (χ0v) is 12.0. The lowest BCUT2D eigenvalue weighted by atomic mass is 9.96. The third kappa shape index (κ3) is 2.66. The Hall–Kier alpha value is -2.22. The molecule has 21 heavy (non-hydrogen) atoms. The summed E-state index contributed by atoms with van der Waals surface area (Å²) >= 11 is 0. The first-order valence-corrected chi connectivity index (χ1v) is 7.00. The van der Waals surface area contributed by atoms with Crippen LogP contribution >= 0.6 is 0 Å². The number of hydrogen-bond donors (Lipinski definition) is 2. The second-order valence-electron chi connectivity index (χ2n) is 5.48. The molecule has 0 aromatic carbocycles. The van der Waals surface area contributed by atoms with E-state index in [1.54, 1.807) is 10.9 Å². The highest BCUT2D eigenvalue weighted by Gasteiger charge is 2.23. The van der Waals surface area contributed by atoms with E-state index in [2.05, 4.69) is 20.0 Å². The molecular formula is C13H19N7O. The molecule has 1 fully saturated rings. The number of amides is 1. The first-order chi connectivity index (χ1) is 10.0. The van der Waals surface area contributed by atoms with E-state index in [9.17, 15) is 4.79 Å². The quantitative estimate of drug-likeness (QED) is 0.797. The molecule has 0 aliphatic carbocycles. The summed E-state index contributed by atoms with van der Waals surface area (Å²) in [5.74, 6) is 0.925. The Bertz CT molecular complexity index is 672. The van der Waals surface area contributed by atoms with Crippen LogP contribution < -0.4 is 11.5 Å². The van der Waals surface area contributed by atoms with Crippen LogP contribution in [0.5, 0.6) is 0 Å². The van der Waals surface area contributed by atoms with E-state index in [1.807, 2.05) is 7.05 Å². The number of hydrogen-bond acceptors (Lipinski definition) is 6. The van der Waals surface area contributed by atoms with Crippen molar-refractivity contribution in [1.29, 1.82) is 0 Å². The van der Waals surface area contributed by atoms with Gasteiger partial charge < -0.3 is 11.5 Å². The summed E-state index contributed by atoms with van der Waals surface area (Å²) in [7, 11) is 1.83. The van der Waals surface area contributed by atoms with Gasteiger partial charge in [-0.05, 0) is 25.9 Å². The molecule has 1 aliphatic rings. The summed E-state index contributed by atoms with van der Waals surface area (Å²) in [6, 6.07) is 0. The van der Waals surface area contributed by atoms with Crippen LogP contribution in [0.1, 0.15) is 18.7 Å². The molecule has 0 saturated carbocycles. The molecule has 2 aromatic rings. The van der Waals surface area contributed by atoms with Gasteiger partial charge in [-0.2, -0.15) is 5.10 Å². The van der Waals surface area contributed by atoms with Gasteiger partial charge >= 0.3 is 0 Å². The van der Waals surface area contributed by atoms with Crippen LogP contribution in [0.2, 0.25) is 0 Å². The second-order valence-corrected chi connectivity index (χ2v) is 5.48. The van der Waals surface area contributed by atoms with E-state index in [0.29, 0.717) is 18.2 Å². The van der Waals surface area contributed by atoms with Crippen molar-refractivity contribution in [3.05, 3.63) is 12.0 Å². The predicted octanol–water partition coefficient (Wildman–Crippen LogP) is -0.357. The molecule has 0 atom stereocenters. The average molecular weight is 289 g/mol. The maximum absolute atomic E-state index is 11.2. The Morgan fingerprint density at radius 1 is 1.38 bits per heavy atom. The van der Waals surface area contributed by atoms with Gasteiger partial charge in [0.2, 0.25) is 5.91 Å². The van der Waals surface area contributed by atoms with E-state index in [4.69, 9.17) is 11.5 Å². The van der Waals surface area contributed by atoms with E-state index in [0.717, 1.165) is 37.0 Å². The van der Waals surface area contributed by atoms with Crippen molar-refractivity contribution in [3.8, 4) is 0 Å². The van der Waals surface area contributed by atoms with Gasteiger partial charge in [0.15, 0.2) is 5.65 Å². The molecule has 3 heterocycles. The molecule has 1 saturated heterocycles. The third-order valence-corrected chi connectivity index (χ3v) is 4.02. The third-order valence-electron chi connectivity index (χ3n) is 4.02. The van der Waals surface area contributed by atoms with Crippen LogP contribution in [0.25, 0.3) is 11.0 Å². The zero-order chi connectivity index (χ0) is 15.0. The smallest absolute Gasteiger partial charge is 0.220 e. The fraction of sp³-hybridized carbons (Fsp3) is 0.538. The van der Waals surface area contributed by atoms with Crippen LogP contribution in [0.3, 0.4) is 0 Å². The molecule has 0 unspecified atom stereocenters. The number of carbonyl (C=O) groups excluding carboxylic acids is 1. The van der Waals surface area contributed by atoms with Crippen LogP contribution in [0.15, 0.2) is 6.20 Å². The Morgan fingerprint density at radius 3 is 2.76 bits per heavy atom. The molecule has 8 heteroatoms. The first-order valence-electron chi connectivity index (χ1n) is 7.00. The SMILES string of the molecule is Cn1ncc2c(N)nc(CN3CCC(C(N)=O)CC3)nc21. The fourth-order valence-corrected chi connectivity index (χ4v) is 2.74. The minimum atomic E-state index is -0.202. The highest BCUT2D eigenvalue weighted by Crippen LogP contribution is 2.20. The molecular weight excluding hydrogens is 270 g/mol. The maximum atomic E-state index is 11.2. The average Bonchev–Trinajstić information content (AvgIpc) is 2.82. The number of nitrogen functional groups attached to an aromatic ring is 1. The largest absolute Gasteiger partial charge is 0.383 e.